The first kappa shape index (κ1) is 23.1. The molecule has 0 saturated heterocycles. The first-order chi connectivity index (χ1) is 4.23. The normalized spacial score (nSPS) is 10.3. The smallest absolute Gasteiger partial charge is 0 e. The first-order valence-electron chi connectivity index (χ1n) is 3.06. The molecule has 4 heteroatoms. The molecular formula is C8H16Cl2NZr-. The third kappa shape index (κ3) is 30.7. The number of rotatable bonds is 0. The van der Waals surface area contributed by atoms with E-state index in [1.165, 1.54) is 0 Å². The number of hydrogen-bond acceptors (Lipinski definition) is 1. The van der Waals surface area contributed by atoms with Gasteiger partial charge in [-0.3, -0.25) is 6.08 Å². The third-order valence-corrected chi connectivity index (χ3v) is 0.586. The zero-order chi connectivity index (χ0) is 7.11. The van der Waals surface area contributed by atoms with Crippen molar-refractivity contribution >= 4 is 24.8 Å². The monoisotopic (exact) mass is 286 g/mol. The second-order valence-corrected chi connectivity index (χ2v) is 2.34. The van der Waals surface area contributed by atoms with Gasteiger partial charge in [-0.25, -0.2) is 12.2 Å². The molecule has 0 aromatic heterocycles. The van der Waals surface area contributed by atoms with Crippen molar-refractivity contribution in [3.8, 4) is 0 Å². The molecule has 0 fully saturated rings. The van der Waals surface area contributed by atoms with Crippen LogP contribution in [0.1, 0.15) is 6.42 Å². The van der Waals surface area contributed by atoms with Crippen LogP contribution < -0.4 is 0 Å². The molecule has 0 aromatic rings. The van der Waals surface area contributed by atoms with Crippen molar-refractivity contribution in [2.24, 2.45) is 0 Å². The van der Waals surface area contributed by atoms with Gasteiger partial charge in [0.25, 0.3) is 0 Å². The molecule has 0 atom stereocenters. The Morgan fingerprint density at radius 2 is 1.58 bits per heavy atom. The summed E-state index contributed by atoms with van der Waals surface area (Å²) in [7, 11) is 6.00. The topological polar surface area (TPSA) is 3.24 Å². The molecule has 1 rings (SSSR count). The SMILES string of the molecule is CN(C)C.Cl.Cl.[C-]1=CC=CC1.[Zr]. The predicted octanol–water partition coefficient (Wildman–Crippen LogP) is 2.32. The van der Waals surface area contributed by atoms with E-state index < -0.39 is 0 Å². The Morgan fingerprint density at radius 1 is 1.17 bits per heavy atom. The van der Waals surface area contributed by atoms with Crippen molar-refractivity contribution in [1.29, 1.82) is 0 Å². The fourth-order valence-corrected chi connectivity index (χ4v) is 0.340. The van der Waals surface area contributed by atoms with E-state index in [4.69, 9.17) is 0 Å². The van der Waals surface area contributed by atoms with Gasteiger partial charge in [0.15, 0.2) is 0 Å². The summed E-state index contributed by atoms with van der Waals surface area (Å²) in [6, 6.07) is 0. The average molecular weight is 288 g/mol. The molecule has 0 aliphatic heterocycles. The van der Waals surface area contributed by atoms with E-state index in [2.05, 4.69) is 12.2 Å². The minimum absolute atomic E-state index is 0. The van der Waals surface area contributed by atoms with E-state index in [-0.39, 0.29) is 51.0 Å². The Kier molecular flexibility index (Phi) is 34.3. The summed E-state index contributed by atoms with van der Waals surface area (Å²) in [6.07, 6.45) is 10.0. The van der Waals surface area contributed by atoms with E-state index in [0.717, 1.165) is 6.42 Å². The Morgan fingerprint density at radius 3 is 1.67 bits per heavy atom. The van der Waals surface area contributed by atoms with Crippen molar-refractivity contribution < 1.29 is 26.2 Å². The molecule has 0 unspecified atom stereocenters. The van der Waals surface area contributed by atoms with Gasteiger partial charge in [-0.05, 0) is 21.1 Å². The van der Waals surface area contributed by atoms with E-state index in [9.17, 15) is 0 Å². The molecule has 0 amide bonds. The first-order valence-corrected chi connectivity index (χ1v) is 3.06. The molecule has 1 aliphatic rings. The van der Waals surface area contributed by atoms with Crippen molar-refractivity contribution in [3.63, 3.8) is 0 Å². The van der Waals surface area contributed by atoms with Gasteiger partial charge < -0.3 is 4.90 Å². The molecule has 0 aromatic carbocycles. The number of halogens is 2. The van der Waals surface area contributed by atoms with Gasteiger partial charge in [-0.15, -0.1) is 31.2 Å². The fraction of sp³-hybridized carbons (Fsp3) is 0.500. The molecule has 0 N–H and O–H groups in total. The van der Waals surface area contributed by atoms with Crippen LogP contribution in [0.25, 0.3) is 0 Å². The minimum atomic E-state index is 0. The van der Waals surface area contributed by atoms with E-state index in [0.29, 0.717) is 0 Å². The molecule has 12 heavy (non-hydrogen) atoms. The van der Waals surface area contributed by atoms with Gasteiger partial charge in [-0.2, -0.15) is 6.08 Å². The molecule has 1 aliphatic carbocycles. The standard InChI is InChI=1S/C5H5.C3H9N.2ClH.Zr/c1-2-4-5-3-1;1-4(2)3;;;/h1-3H,4H2;1-3H3;2*1H;/q-1;;;;. The summed E-state index contributed by atoms with van der Waals surface area (Å²) in [5.41, 5.74) is 0. The molecule has 0 saturated carbocycles. The summed E-state index contributed by atoms with van der Waals surface area (Å²) in [5, 5.41) is 0. The van der Waals surface area contributed by atoms with Crippen LogP contribution in [-0.2, 0) is 26.2 Å². The Hall–Kier alpha value is 0.903. The number of nitrogens with zero attached hydrogens (tertiary/aromatic N) is 1. The molecule has 0 bridgehead atoms. The predicted molar refractivity (Wildman–Crippen MR) is 55.7 cm³/mol. The second kappa shape index (κ2) is 17.9. The van der Waals surface area contributed by atoms with Crippen LogP contribution in [0.5, 0.6) is 0 Å². The maximum Gasteiger partial charge on any atom is 0 e. The van der Waals surface area contributed by atoms with Crippen LogP contribution in [0.15, 0.2) is 18.2 Å². The van der Waals surface area contributed by atoms with Crippen molar-refractivity contribution in [1.82, 2.24) is 4.90 Å². The summed E-state index contributed by atoms with van der Waals surface area (Å²) in [6.45, 7) is 0. The molecule has 1 nitrogen and oxygen atoms in total. The Bertz CT molecular complexity index is 101. The van der Waals surface area contributed by atoms with Crippen LogP contribution in [0, 0.1) is 6.08 Å². The van der Waals surface area contributed by atoms with Crippen LogP contribution in [-0.4, -0.2) is 26.0 Å². The summed E-state index contributed by atoms with van der Waals surface area (Å²) in [5.74, 6) is 0. The molecule has 72 valence electrons. The van der Waals surface area contributed by atoms with Gasteiger partial charge in [0, 0.05) is 26.2 Å². The second-order valence-electron chi connectivity index (χ2n) is 2.34. The largest absolute Gasteiger partial charge is 0.312 e. The van der Waals surface area contributed by atoms with E-state index in [1.807, 2.05) is 38.2 Å². The quantitative estimate of drug-likeness (QED) is 0.618. The molecule has 0 radical (unpaired) electrons. The van der Waals surface area contributed by atoms with Crippen molar-refractivity contribution in [2.75, 3.05) is 21.1 Å². The van der Waals surface area contributed by atoms with Gasteiger partial charge in [0.1, 0.15) is 0 Å². The summed E-state index contributed by atoms with van der Waals surface area (Å²) < 4.78 is 0. The van der Waals surface area contributed by atoms with E-state index >= 15 is 0 Å². The molecular weight excluding hydrogens is 272 g/mol. The van der Waals surface area contributed by atoms with Crippen LogP contribution >= 0.6 is 24.8 Å². The zero-order valence-corrected chi connectivity index (χ0v) is 11.8. The van der Waals surface area contributed by atoms with Gasteiger partial charge >= 0.3 is 0 Å². The van der Waals surface area contributed by atoms with Crippen LogP contribution in [0.4, 0.5) is 0 Å². The fourth-order valence-electron chi connectivity index (χ4n) is 0.340. The van der Waals surface area contributed by atoms with Crippen LogP contribution in [0.2, 0.25) is 0 Å². The minimum Gasteiger partial charge on any atom is -0.312 e. The number of allylic oxidation sites excluding steroid dienone is 4. The Balaban J connectivity index is -0.0000000436. The van der Waals surface area contributed by atoms with Gasteiger partial charge in [-0.1, -0.05) is 0 Å². The Labute approximate surface area is 107 Å². The summed E-state index contributed by atoms with van der Waals surface area (Å²) in [4.78, 5) is 2.00. The van der Waals surface area contributed by atoms with Crippen molar-refractivity contribution in [2.45, 2.75) is 6.42 Å². The summed E-state index contributed by atoms with van der Waals surface area (Å²) >= 11 is 0. The number of hydrogen-bond donors (Lipinski definition) is 0. The van der Waals surface area contributed by atoms with Crippen LogP contribution in [0.3, 0.4) is 0 Å². The zero-order valence-electron chi connectivity index (χ0n) is 7.70. The average Bonchev–Trinajstić information content (AvgIpc) is 2.11. The maximum atomic E-state index is 2.99. The maximum absolute atomic E-state index is 2.99. The third-order valence-electron chi connectivity index (χ3n) is 0.586. The molecule has 0 spiro atoms. The van der Waals surface area contributed by atoms with Gasteiger partial charge in [0.05, 0.1) is 0 Å². The molecule has 0 heterocycles. The van der Waals surface area contributed by atoms with E-state index in [1.54, 1.807) is 0 Å². The van der Waals surface area contributed by atoms with Crippen molar-refractivity contribution in [3.05, 3.63) is 24.3 Å². The van der Waals surface area contributed by atoms with Gasteiger partial charge in [0.2, 0.25) is 0 Å².